The Morgan fingerprint density at radius 3 is 2.65 bits per heavy atom. The summed E-state index contributed by atoms with van der Waals surface area (Å²) in [7, 11) is 1.55. The lowest BCUT2D eigenvalue weighted by Crippen LogP contribution is -2.44. The maximum Gasteiger partial charge on any atom is 0.285 e. The molecule has 1 saturated heterocycles. The van der Waals surface area contributed by atoms with E-state index in [1.165, 1.54) is 0 Å². The van der Waals surface area contributed by atoms with Crippen LogP contribution >= 0.6 is 24.0 Å². The van der Waals surface area contributed by atoms with Gasteiger partial charge >= 0.3 is 0 Å². The number of methoxy groups -OCH3 is 1. The van der Waals surface area contributed by atoms with Gasteiger partial charge in [0.25, 0.3) is 11.8 Å². The topological polar surface area (TPSA) is 71.5 Å². The Hall–Kier alpha value is -2.71. The molecule has 0 aliphatic carbocycles. The first kappa shape index (κ1) is 18.1. The summed E-state index contributed by atoms with van der Waals surface area (Å²) in [6.07, 6.45) is 1.66. The minimum absolute atomic E-state index is 0.260. The number of benzene rings is 1. The molecule has 0 bridgehead atoms. The first-order chi connectivity index (χ1) is 12.5. The zero-order valence-electron chi connectivity index (χ0n) is 14.1. The third-order valence-electron chi connectivity index (χ3n) is 3.55. The van der Waals surface area contributed by atoms with E-state index in [-0.39, 0.29) is 10.2 Å². The van der Waals surface area contributed by atoms with Crippen molar-refractivity contribution in [1.82, 2.24) is 15.4 Å². The van der Waals surface area contributed by atoms with Crippen molar-refractivity contribution in [3.63, 3.8) is 0 Å². The highest BCUT2D eigenvalue weighted by Gasteiger charge is 2.33. The summed E-state index contributed by atoms with van der Waals surface area (Å²) in [5, 5.41) is 1.08. The minimum Gasteiger partial charge on any atom is -0.497 e. The first-order valence-electron chi connectivity index (χ1n) is 7.64. The molecule has 0 spiro atoms. The second kappa shape index (κ2) is 7.67. The third-order valence-corrected chi connectivity index (χ3v) is 4.85. The fourth-order valence-electron chi connectivity index (χ4n) is 2.25. The Morgan fingerprint density at radius 2 is 2.00 bits per heavy atom. The van der Waals surface area contributed by atoms with Gasteiger partial charge in [-0.25, -0.2) is 0 Å². The van der Waals surface area contributed by atoms with E-state index in [2.05, 4.69) is 10.4 Å². The maximum atomic E-state index is 12.6. The molecule has 1 aliphatic rings. The SMILES string of the molecule is COc1ccc(C(=O)NN2C(=O)/C(=C\c3cccc(C)n3)SC2=S)cc1. The largest absolute Gasteiger partial charge is 0.497 e. The van der Waals surface area contributed by atoms with Crippen molar-refractivity contribution in [2.75, 3.05) is 7.11 Å². The summed E-state index contributed by atoms with van der Waals surface area (Å²) in [6, 6.07) is 12.1. The molecule has 8 heteroatoms. The van der Waals surface area contributed by atoms with Crippen LogP contribution in [0.25, 0.3) is 6.08 Å². The molecule has 1 aromatic carbocycles. The lowest BCUT2D eigenvalue weighted by atomic mass is 10.2. The van der Waals surface area contributed by atoms with Gasteiger partial charge in [0, 0.05) is 11.3 Å². The molecule has 2 aromatic rings. The van der Waals surface area contributed by atoms with Crippen molar-refractivity contribution >= 4 is 46.2 Å². The summed E-state index contributed by atoms with van der Waals surface area (Å²) in [5.41, 5.74) is 4.44. The number of hydrogen-bond acceptors (Lipinski definition) is 6. The van der Waals surface area contributed by atoms with Gasteiger partial charge in [0.1, 0.15) is 5.75 Å². The Labute approximate surface area is 160 Å². The molecule has 3 rings (SSSR count). The van der Waals surface area contributed by atoms with Crippen LogP contribution in [0.15, 0.2) is 47.4 Å². The Bertz CT molecular complexity index is 910. The smallest absolute Gasteiger partial charge is 0.285 e. The molecule has 26 heavy (non-hydrogen) atoms. The minimum atomic E-state index is -0.432. The predicted molar refractivity (Wildman–Crippen MR) is 104 cm³/mol. The van der Waals surface area contributed by atoms with Gasteiger partial charge in [0.05, 0.1) is 17.7 Å². The van der Waals surface area contributed by atoms with Crippen molar-refractivity contribution in [2.24, 2.45) is 0 Å². The van der Waals surface area contributed by atoms with Gasteiger partial charge < -0.3 is 4.74 Å². The maximum absolute atomic E-state index is 12.6. The Balaban J connectivity index is 1.75. The van der Waals surface area contributed by atoms with Crippen LogP contribution < -0.4 is 10.2 Å². The summed E-state index contributed by atoms with van der Waals surface area (Å²) in [6.45, 7) is 1.87. The second-order valence-corrected chi connectivity index (χ2v) is 7.07. The number of pyridine rings is 1. The third kappa shape index (κ3) is 3.92. The molecule has 6 nitrogen and oxygen atoms in total. The molecule has 132 valence electrons. The van der Waals surface area contributed by atoms with Crippen LogP contribution in [0.2, 0.25) is 0 Å². The second-order valence-electron chi connectivity index (χ2n) is 5.39. The van der Waals surface area contributed by atoms with Crippen LogP contribution in [0.3, 0.4) is 0 Å². The number of aromatic nitrogens is 1. The summed E-state index contributed by atoms with van der Waals surface area (Å²) in [4.78, 5) is 29.7. The number of nitrogens with zero attached hydrogens (tertiary/aromatic N) is 2. The Morgan fingerprint density at radius 1 is 1.27 bits per heavy atom. The average molecular weight is 385 g/mol. The van der Waals surface area contributed by atoms with E-state index < -0.39 is 5.91 Å². The molecule has 0 unspecified atom stereocenters. The highest BCUT2D eigenvalue weighted by atomic mass is 32.2. The van der Waals surface area contributed by atoms with E-state index in [0.29, 0.717) is 21.9 Å². The summed E-state index contributed by atoms with van der Waals surface area (Å²) in [5.74, 6) is -0.176. The van der Waals surface area contributed by atoms with Gasteiger partial charge in [0.2, 0.25) is 0 Å². The van der Waals surface area contributed by atoms with E-state index in [1.807, 2.05) is 19.1 Å². The summed E-state index contributed by atoms with van der Waals surface area (Å²) >= 11 is 6.34. The van der Waals surface area contributed by atoms with Crippen molar-refractivity contribution in [2.45, 2.75) is 6.92 Å². The van der Waals surface area contributed by atoms with E-state index in [1.54, 1.807) is 43.5 Å². The van der Waals surface area contributed by atoms with Gasteiger partial charge in [-0.2, -0.15) is 5.01 Å². The first-order valence-corrected chi connectivity index (χ1v) is 8.87. The number of carbonyl (C=O) groups excluding carboxylic acids is 2. The zero-order chi connectivity index (χ0) is 18.7. The zero-order valence-corrected chi connectivity index (χ0v) is 15.7. The molecule has 1 N–H and O–H groups in total. The van der Waals surface area contributed by atoms with Crippen molar-refractivity contribution in [3.05, 3.63) is 64.3 Å². The molecular weight excluding hydrogens is 370 g/mol. The monoisotopic (exact) mass is 385 g/mol. The fourth-order valence-corrected chi connectivity index (χ4v) is 3.42. The number of thioether (sulfide) groups is 1. The standard InChI is InChI=1S/C18H15N3O3S2/c1-11-4-3-5-13(19-11)10-15-17(23)21(18(25)26-15)20-16(22)12-6-8-14(24-2)9-7-12/h3-10H,1-2H3,(H,20,22)/b15-10+. The molecule has 0 saturated carbocycles. The predicted octanol–water partition coefficient (Wildman–Crippen LogP) is 2.94. The van der Waals surface area contributed by atoms with Crippen LogP contribution in [0.4, 0.5) is 0 Å². The van der Waals surface area contributed by atoms with Crippen LogP contribution in [0.1, 0.15) is 21.7 Å². The van der Waals surface area contributed by atoms with E-state index in [4.69, 9.17) is 17.0 Å². The lowest BCUT2D eigenvalue weighted by Gasteiger charge is -2.15. The Kier molecular flexibility index (Phi) is 5.34. The van der Waals surface area contributed by atoms with Crippen molar-refractivity contribution < 1.29 is 14.3 Å². The highest BCUT2D eigenvalue weighted by molar-refractivity contribution is 8.26. The number of hydrazine groups is 1. The fraction of sp³-hybridized carbons (Fsp3) is 0.111. The quantitative estimate of drug-likeness (QED) is 0.645. The summed E-state index contributed by atoms with van der Waals surface area (Å²) < 4.78 is 5.32. The van der Waals surface area contributed by atoms with Crippen LogP contribution in [0, 0.1) is 6.92 Å². The van der Waals surface area contributed by atoms with Crippen molar-refractivity contribution in [3.8, 4) is 5.75 Å². The normalized spacial score (nSPS) is 15.5. The van der Waals surface area contributed by atoms with Gasteiger partial charge in [-0.15, -0.1) is 0 Å². The van der Waals surface area contributed by atoms with Gasteiger partial charge in [-0.1, -0.05) is 17.8 Å². The molecule has 0 radical (unpaired) electrons. The van der Waals surface area contributed by atoms with Gasteiger partial charge in [-0.05, 0) is 61.6 Å². The number of hydrogen-bond donors (Lipinski definition) is 1. The number of amides is 2. The van der Waals surface area contributed by atoms with Crippen LogP contribution in [-0.2, 0) is 4.79 Å². The molecule has 1 aromatic heterocycles. The van der Waals surface area contributed by atoms with E-state index >= 15 is 0 Å². The van der Waals surface area contributed by atoms with E-state index in [0.717, 1.165) is 22.5 Å². The molecule has 2 amide bonds. The lowest BCUT2D eigenvalue weighted by molar-refractivity contribution is -0.123. The number of ether oxygens (including phenoxy) is 1. The average Bonchev–Trinajstić information content (AvgIpc) is 2.89. The molecule has 0 atom stereocenters. The van der Waals surface area contributed by atoms with E-state index in [9.17, 15) is 9.59 Å². The number of thiocarbonyl (C=S) groups is 1. The molecule has 2 heterocycles. The van der Waals surface area contributed by atoms with Crippen LogP contribution in [-0.4, -0.2) is 33.2 Å². The van der Waals surface area contributed by atoms with Crippen LogP contribution in [0.5, 0.6) is 5.75 Å². The molecule has 1 fully saturated rings. The van der Waals surface area contributed by atoms with Gasteiger partial charge in [0.15, 0.2) is 4.32 Å². The van der Waals surface area contributed by atoms with Crippen molar-refractivity contribution in [1.29, 1.82) is 0 Å². The number of rotatable bonds is 4. The molecule has 1 aliphatic heterocycles. The van der Waals surface area contributed by atoms with Gasteiger partial charge in [-0.3, -0.25) is 20.0 Å². The number of nitrogens with one attached hydrogen (secondary N) is 1. The number of aryl methyl sites for hydroxylation is 1. The molecular formula is C18H15N3O3S2. The number of carbonyl (C=O) groups is 2. The highest BCUT2D eigenvalue weighted by Crippen LogP contribution is 2.31.